The van der Waals surface area contributed by atoms with Crippen molar-refractivity contribution in [2.75, 3.05) is 25.1 Å². The summed E-state index contributed by atoms with van der Waals surface area (Å²) in [5.41, 5.74) is 5.89. The SMILES string of the molecule is COc1ccccc1CNC(=O)[C@@H]1CCCN(c2nnc(C)c3c(C)n(-c4ccc(C)cc4)nc23)C1. The largest absolute Gasteiger partial charge is 0.496 e. The first-order valence-corrected chi connectivity index (χ1v) is 12.4. The number of methoxy groups -OCH3 is 1. The summed E-state index contributed by atoms with van der Waals surface area (Å²) in [6.45, 7) is 7.95. The molecule has 3 heterocycles. The molecule has 186 valence electrons. The molecule has 8 heteroatoms. The van der Waals surface area contributed by atoms with Gasteiger partial charge in [0, 0.05) is 25.2 Å². The van der Waals surface area contributed by atoms with E-state index in [9.17, 15) is 4.79 Å². The Hall–Kier alpha value is -3.94. The Kier molecular flexibility index (Phi) is 6.59. The molecule has 5 rings (SSSR count). The first kappa shape index (κ1) is 23.8. The maximum Gasteiger partial charge on any atom is 0.225 e. The topological polar surface area (TPSA) is 85.2 Å². The summed E-state index contributed by atoms with van der Waals surface area (Å²) in [5, 5.41) is 18.1. The van der Waals surface area contributed by atoms with E-state index >= 15 is 0 Å². The van der Waals surface area contributed by atoms with E-state index < -0.39 is 0 Å². The molecule has 36 heavy (non-hydrogen) atoms. The zero-order chi connectivity index (χ0) is 25.2. The molecule has 1 aliphatic heterocycles. The summed E-state index contributed by atoms with van der Waals surface area (Å²) in [4.78, 5) is 15.3. The standard InChI is InChI=1S/C28H32N6O2/c1-18-11-13-23(14-12-18)34-20(3)25-19(2)30-31-27(26(25)32-34)33-15-7-9-22(17-33)28(35)29-16-21-8-5-6-10-24(21)36-4/h5-6,8,10-14,22H,7,9,15-17H2,1-4H3,(H,29,35)/t22-/m1/s1. The average molecular weight is 485 g/mol. The van der Waals surface area contributed by atoms with Crippen molar-refractivity contribution >= 4 is 22.6 Å². The van der Waals surface area contributed by atoms with Crippen LogP contribution in [0.3, 0.4) is 0 Å². The Morgan fingerprint density at radius 2 is 1.86 bits per heavy atom. The number of aromatic nitrogens is 4. The molecule has 2 aromatic heterocycles. The lowest BCUT2D eigenvalue weighted by Gasteiger charge is -2.32. The molecule has 1 fully saturated rings. The van der Waals surface area contributed by atoms with Gasteiger partial charge in [0.05, 0.1) is 35.5 Å². The summed E-state index contributed by atoms with van der Waals surface area (Å²) in [6.07, 6.45) is 1.75. The van der Waals surface area contributed by atoms with Crippen molar-refractivity contribution in [2.24, 2.45) is 5.92 Å². The van der Waals surface area contributed by atoms with Crippen molar-refractivity contribution in [1.29, 1.82) is 0 Å². The van der Waals surface area contributed by atoms with Crippen LogP contribution in [0.2, 0.25) is 0 Å². The summed E-state index contributed by atoms with van der Waals surface area (Å²) in [6, 6.07) is 16.1. The number of hydrogen-bond donors (Lipinski definition) is 1. The normalized spacial score (nSPS) is 15.8. The van der Waals surface area contributed by atoms with Crippen molar-refractivity contribution < 1.29 is 9.53 Å². The second-order valence-electron chi connectivity index (χ2n) is 9.48. The highest BCUT2D eigenvalue weighted by Crippen LogP contribution is 2.31. The van der Waals surface area contributed by atoms with Gasteiger partial charge in [0.25, 0.3) is 0 Å². The number of nitrogens with one attached hydrogen (secondary N) is 1. The zero-order valence-corrected chi connectivity index (χ0v) is 21.3. The fourth-order valence-corrected chi connectivity index (χ4v) is 5.02. The fraction of sp³-hybridized carbons (Fsp3) is 0.357. The molecule has 1 amide bonds. The number of fused-ring (bicyclic) bond motifs is 1. The van der Waals surface area contributed by atoms with Crippen LogP contribution in [0, 0.1) is 26.7 Å². The Balaban J connectivity index is 1.39. The Morgan fingerprint density at radius 3 is 2.64 bits per heavy atom. The molecule has 0 aliphatic carbocycles. The maximum absolute atomic E-state index is 13.1. The number of anilines is 1. The number of amides is 1. The van der Waals surface area contributed by atoms with Crippen LogP contribution in [0.25, 0.3) is 16.6 Å². The lowest BCUT2D eigenvalue weighted by atomic mass is 9.97. The number of rotatable bonds is 6. The number of piperidine rings is 1. The van der Waals surface area contributed by atoms with E-state index in [-0.39, 0.29) is 11.8 Å². The van der Waals surface area contributed by atoms with Gasteiger partial charge in [0.15, 0.2) is 5.82 Å². The van der Waals surface area contributed by atoms with Crippen LogP contribution >= 0.6 is 0 Å². The highest BCUT2D eigenvalue weighted by atomic mass is 16.5. The van der Waals surface area contributed by atoms with Crippen LogP contribution in [0.1, 0.15) is 35.4 Å². The van der Waals surface area contributed by atoms with Crippen LogP contribution in [-0.2, 0) is 11.3 Å². The first-order chi connectivity index (χ1) is 17.5. The molecule has 0 unspecified atom stereocenters. The van der Waals surface area contributed by atoms with Gasteiger partial charge in [-0.15, -0.1) is 5.10 Å². The summed E-state index contributed by atoms with van der Waals surface area (Å²) in [7, 11) is 1.64. The molecule has 1 aliphatic rings. The van der Waals surface area contributed by atoms with Crippen molar-refractivity contribution in [2.45, 2.75) is 40.2 Å². The van der Waals surface area contributed by atoms with Gasteiger partial charge in [-0.2, -0.15) is 10.2 Å². The number of nitrogens with zero attached hydrogens (tertiary/aromatic N) is 5. The van der Waals surface area contributed by atoms with E-state index in [4.69, 9.17) is 9.84 Å². The van der Waals surface area contributed by atoms with Crippen LogP contribution in [-0.4, -0.2) is 46.1 Å². The second-order valence-corrected chi connectivity index (χ2v) is 9.48. The van der Waals surface area contributed by atoms with Gasteiger partial charge >= 0.3 is 0 Å². The Labute approximate surface area is 211 Å². The van der Waals surface area contributed by atoms with Gasteiger partial charge in [-0.25, -0.2) is 4.68 Å². The minimum absolute atomic E-state index is 0.0447. The zero-order valence-electron chi connectivity index (χ0n) is 21.3. The lowest BCUT2D eigenvalue weighted by Crippen LogP contribution is -2.43. The number of aryl methyl sites for hydroxylation is 3. The molecular formula is C28H32N6O2. The molecule has 1 atom stereocenters. The molecule has 0 bridgehead atoms. The van der Waals surface area contributed by atoms with Crippen LogP contribution in [0.5, 0.6) is 5.75 Å². The molecule has 8 nitrogen and oxygen atoms in total. The van der Waals surface area contributed by atoms with E-state index in [0.29, 0.717) is 13.1 Å². The summed E-state index contributed by atoms with van der Waals surface area (Å²) >= 11 is 0. The first-order valence-electron chi connectivity index (χ1n) is 12.4. The van der Waals surface area contributed by atoms with Gasteiger partial charge in [0.2, 0.25) is 5.91 Å². The van der Waals surface area contributed by atoms with E-state index in [1.807, 2.05) is 35.9 Å². The van der Waals surface area contributed by atoms with Gasteiger partial charge in [-0.05, 0) is 51.8 Å². The molecule has 0 radical (unpaired) electrons. The minimum Gasteiger partial charge on any atom is -0.496 e. The van der Waals surface area contributed by atoms with E-state index in [1.165, 1.54) is 5.56 Å². The molecule has 2 aromatic carbocycles. The van der Waals surface area contributed by atoms with Crippen molar-refractivity contribution in [3.8, 4) is 11.4 Å². The fourth-order valence-electron chi connectivity index (χ4n) is 5.02. The number of para-hydroxylation sites is 1. The quantitative estimate of drug-likeness (QED) is 0.440. The summed E-state index contributed by atoms with van der Waals surface area (Å²) < 4.78 is 7.38. The minimum atomic E-state index is -0.133. The smallest absolute Gasteiger partial charge is 0.225 e. The van der Waals surface area contributed by atoms with Crippen molar-refractivity contribution in [1.82, 2.24) is 25.3 Å². The van der Waals surface area contributed by atoms with Crippen LogP contribution in [0.15, 0.2) is 48.5 Å². The van der Waals surface area contributed by atoms with Gasteiger partial charge < -0.3 is 15.0 Å². The second kappa shape index (κ2) is 9.97. The average Bonchev–Trinajstić information content (AvgIpc) is 3.26. The highest BCUT2D eigenvalue weighted by Gasteiger charge is 2.29. The number of ether oxygens (including phenoxy) is 1. The number of carbonyl (C=O) groups is 1. The van der Waals surface area contributed by atoms with E-state index in [1.54, 1.807) is 7.11 Å². The highest BCUT2D eigenvalue weighted by molar-refractivity contribution is 5.92. The third-order valence-electron chi connectivity index (χ3n) is 7.00. The van der Waals surface area contributed by atoms with Gasteiger partial charge in [-0.1, -0.05) is 35.9 Å². The van der Waals surface area contributed by atoms with Crippen LogP contribution < -0.4 is 15.0 Å². The maximum atomic E-state index is 13.1. The van der Waals surface area contributed by atoms with E-state index in [2.05, 4.69) is 58.5 Å². The van der Waals surface area contributed by atoms with Crippen molar-refractivity contribution in [3.63, 3.8) is 0 Å². The monoisotopic (exact) mass is 484 g/mol. The van der Waals surface area contributed by atoms with Crippen LogP contribution in [0.4, 0.5) is 5.82 Å². The van der Waals surface area contributed by atoms with E-state index in [0.717, 1.165) is 64.5 Å². The lowest BCUT2D eigenvalue weighted by molar-refractivity contribution is -0.125. The molecule has 4 aromatic rings. The Bertz CT molecular complexity index is 1400. The number of carbonyl (C=O) groups excluding carboxylic acids is 1. The molecule has 0 spiro atoms. The Morgan fingerprint density at radius 1 is 1.08 bits per heavy atom. The third kappa shape index (κ3) is 4.51. The predicted molar refractivity (Wildman–Crippen MR) is 141 cm³/mol. The molecule has 1 saturated heterocycles. The molecule has 1 N–H and O–H groups in total. The third-order valence-corrected chi connectivity index (χ3v) is 7.00. The predicted octanol–water partition coefficient (Wildman–Crippen LogP) is 4.28. The van der Waals surface area contributed by atoms with Crippen molar-refractivity contribution in [3.05, 3.63) is 71.0 Å². The number of benzene rings is 2. The summed E-state index contributed by atoms with van der Waals surface area (Å²) in [5.74, 6) is 1.43. The number of hydrogen-bond acceptors (Lipinski definition) is 6. The molecular weight excluding hydrogens is 452 g/mol. The molecule has 0 saturated carbocycles. The van der Waals surface area contributed by atoms with Gasteiger partial charge in [0.1, 0.15) is 11.3 Å². The van der Waals surface area contributed by atoms with Gasteiger partial charge in [-0.3, -0.25) is 4.79 Å².